The number of pyridine rings is 1. The van der Waals surface area contributed by atoms with Crippen molar-refractivity contribution in [1.82, 2.24) is 15.0 Å². The minimum atomic E-state index is -0.280. The van der Waals surface area contributed by atoms with Gasteiger partial charge in [-0.3, -0.25) is 19.8 Å². The summed E-state index contributed by atoms with van der Waals surface area (Å²) in [6.07, 6.45) is 7.51. The molecule has 0 aliphatic heterocycles. The molecule has 0 fully saturated rings. The van der Waals surface area contributed by atoms with Crippen LogP contribution in [0.5, 0.6) is 0 Å². The summed E-state index contributed by atoms with van der Waals surface area (Å²) in [5, 5.41) is 3.23. The van der Waals surface area contributed by atoms with Gasteiger partial charge in [-0.05, 0) is 36.8 Å². The van der Waals surface area contributed by atoms with Crippen LogP contribution in [0.25, 0.3) is 11.3 Å². The van der Waals surface area contributed by atoms with Crippen LogP contribution < -0.4 is 5.32 Å². The fraction of sp³-hybridized carbons (Fsp3) is 0.0952. The summed E-state index contributed by atoms with van der Waals surface area (Å²) in [5.41, 5.74) is 3.22. The van der Waals surface area contributed by atoms with E-state index in [0.29, 0.717) is 33.6 Å². The van der Waals surface area contributed by atoms with Gasteiger partial charge in [0.25, 0.3) is 5.91 Å². The molecule has 1 amide bonds. The lowest BCUT2D eigenvalue weighted by atomic mass is 10.1. The molecular weight excluding hydrogens is 390 g/mol. The average Bonchev–Trinajstić information content (AvgIpc) is 2.73. The Morgan fingerprint density at radius 1 is 1.24 bits per heavy atom. The van der Waals surface area contributed by atoms with E-state index >= 15 is 0 Å². The molecule has 0 atom stereocenters. The molecule has 0 radical (unpaired) electrons. The molecule has 0 bridgehead atoms. The van der Waals surface area contributed by atoms with Gasteiger partial charge in [-0.15, -0.1) is 0 Å². The first kappa shape index (κ1) is 20.2. The highest BCUT2D eigenvalue weighted by Gasteiger charge is 2.13. The van der Waals surface area contributed by atoms with Crippen molar-refractivity contribution in [3.05, 3.63) is 83.6 Å². The predicted octanol–water partition coefficient (Wildman–Crippen LogP) is 4.29. The number of rotatable bonds is 5. The molecule has 2 heterocycles. The van der Waals surface area contributed by atoms with Crippen LogP contribution in [0.3, 0.4) is 0 Å². The number of anilines is 1. The third-order valence-electron chi connectivity index (χ3n) is 4.05. The number of nitrogens with one attached hydrogen (secondary N) is 1. The zero-order valence-electron chi connectivity index (χ0n) is 15.9. The van der Waals surface area contributed by atoms with E-state index in [1.807, 2.05) is 6.92 Å². The molecule has 8 heteroatoms. The van der Waals surface area contributed by atoms with Gasteiger partial charge in [0, 0.05) is 36.1 Å². The second-order valence-corrected chi connectivity index (χ2v) is 6.35. The van der Waals surface area contributed by atoms with Gasteiger partial charge in [-0.25, -0.2) is 4.98 Å². The maximum Gasteiger partial charge on any atom is 0.257 e. The molecule has 146 valence electrons. The molecule has 3 aromatic rings. The van der Waals surface area contributed by atoms with E-state index in [1.54, 1.807) is 43.7 Å². The van der Waals surface area contributed by atoms with E-state index in [2.05, 4.69) is 31.8 Å². The van der Waals surface area contributed by atoms with Crippen LogP contribution in [0.15, 0.2) is 66.9 Å². The van der Waals surface area contributed by atoms with Crippen LogP contribution in [0, 0.1) is 6.92 Å². The number of carbonyl (C=O) groups excluding carboxylic acids is 1. The maximum absolute atomic E-state index is 12.4. The highest BCUT2D eigenvalue weighted by Crippen LogP contribution is 2.28. The summed E-state index contributed by atoms with van der Waals surface area (Å²) in [6, 6.07) is 6.97. The summed E-state index contributed by atoms with van der Waals surface area (Å²) in [7, 11) is 1.62. The van der Waals surface area contributed by atoms with Crippen LogP contribution >= 0.6 is 11.6 Å². The van der Waals surface area contributed by atoms with Gasteiger partial charge in [0.2, 0.25) is 5.90 Å². The standard InChI is InChI=1S/C21H18ClN5O2/c1-4-29-21(23-3)14-5-6-17(22)16(9-14)18-11-26-19(12-25-18)27-20(28)15-7-8-24-10-13(15)2/h4-12H,1H2,2-3H3,(H,26,27,28). The Hall–Kier alpha value is -3.58. The number of aliphatic imine (C=N–C) groups is 1. The van der Waals surface area contributed by atoms with E-state index in [9.17, 15) is 4.79 Å². The molecule has 7 nitrogen and oxygen atoms in total. The Morgan fingerprint density at radius 2 is 2.07 bits per heavy atom. The number of carbonyl (C=O) groups is 1. The molecule has 1 aromatic carbocycles. The second-order valence-electron chi connectivity index (χ2n) is 5.94. The Kier molecular flexibility index (Phi) is 6.31. The largest absolute Gasteiger partial charge is 0.447 e. The third-order valence-corrected chi connectivity index (χ3v) is 4.38. The normalized spacial score (nSPS) is 11.1. The van der Waals surface area contributed by atoms with Crippen LogP contribution in [0.4, 0.5) is 5.82 Å². The minimum absolute atomic E-state index is 0.280. The smallest absolute Gasteiger partial charge is 0.257 e. The lowest BCUT2D eigenvalue weighted by molar-refractivity contribution is 0.102. The van der Waals surface area contributed by atoms with Crippen molar-refractivity contribution in [3.8, 4) is 11.3 Å². The Balaban J connectivity index is 1.84. The van der Waals surface area contributed by atoms with Gasteiger partial charge in [-0.2, -0.15) is 0 Å². The third kappa shape index (κ3) is 4.64. The van der Waals surface area contributed by atoms with Crippen molar-refractivity contribution < 1.29 is 9.53 Å². The lowest BCUT2D eigenvalue weighted by Gasteiger charge is -2.10. The Morgan fingerprint density at radius 3 is 2.72 bits per heavy atom. The van der Waals surface area contributed by atoms with E-state index in [1.165, 1.54) is 18.7 Å². The Bertz CT molecular complexity index is 1080. The van der Waals surface area contributed by atoms with Crippen LogP contribution in [-0.2, 0) is 4.74 Å². The number of hydrogen-bond acceptors (Lipinski definition) is 6. The van der Waals surface area contributed by atoms with E-state index in [-0.39, 0.29) is 5.91 Å². The summed E-state index contributed by atoms with van der Waals surface area (Å²) >= 11 is 6.33. The van der Waals surface area contributed by atoms with Gasteiger partial charge in [0.05, 0.1) is 29.4 Å². The average molecular weight is 408 g/mol. The fourth-order valence-electron chi connectivity index (χ4n) is 2.63. The number of nitrogens with zero attached hydrogens (tertiary/aromatic N) is 4. The quantitative estimate of drug-likeness (QED) is 0.387. The Labute approximate surface area is 173 Å². The predicted molar refractivity (Wildman–Crippen MR) is 113 cm³/mol. The lowest BCUT2D eigenvalue weighted by Crippen LogP contribution is -2.14. The van der Waals surface area contributed by atoms with Crippen molar-refractivity contribution in [3.63, 3.8) is 0 Å². The molecule has 3 rings (SSSR count). The van der Waals surface area contributed by atoms with Crippen molar-refractivity contribution in [1.29, 1.82) is 0 Å². The SMILES string of the molecule is C=COC(=NC)c1ccc(Cl)c(-c2cnc(NC(=O)c3ccncc3C)cn2)c1. The molecule has 0 saturated heterocycles. The zero-order valence-corrected chi connectivity index (χ0v) is 16.6. The first-order valence-corrected chi connectivity index (χ1v) is 9.00. The van der Waals surface area contributed by atoms with Crippen molar-refractivity contribution in [2.75, 3.05) is 12.4 Å². The number of hydrogen-bond donors (Lipinski definition) is 1. The van der Waals surface area contributed by atoms with Crippen LogP contribution in [0.1, 0.15) is 21.5 Å². The van der Waals surface area contributed by atoms with Gasteiger partial charge >= 0.3 is 0 Å². The highest BCUT2D eigenvalue weighted by atomic mass is 35.5. The molecule has 0 spiro atoms. The van der Waals surface area contributed by atoms with Crippen molar-refractivity contribution in [2.24, 2.45) is 4.99 Å². The molecule has 0 unspecified atom stereocenters. The minimum Gasteiger partial charge on any atom is -0.447 e. The summed E-state index contributed by atoms with van der Waals surface area (Å²) in [6.45, 7) is 5.36. The highest BCUT2D eigenvalue weighted by molar-refractivity contribution is 6.33. The van der Waals surface area contributed by atoms with Gasteiger partial charge in [0.1, 0.15) is 0 Å². The van der Waals surface area contributed by atoms with Crippen molar-refractivity contribution >= 4 is 29.2 Å². The molecule has 0 aliphatic carbocycles. The first-order chi connectivity index (χ1) is 14.0. The van der Waals surface area contributed by atoms with E-state index < -0.39 is 0 Å². The topological polar surface area (TPSA) is 89.4 Å². The maximum atomic E-state index is 12.4. The second kappa shape index (κ2) is 9.07. The van der Waals surface area contributed by atoms with Gasteiger partial charge < -0.3 is 10.1 Å². The molecule has 29 heavy (non-hydrogen) atoms. The number of aromatic nitrogens is 3. The summed E-state index contributed by atoms with van der Waals surface area (Å²) < 4.78 is 5.31. The molecule has 0 aliphatic rings. The zero-order chi connectivity index (χ0) is 20.8. The number of ether oxygens (including phenoxy) is 1. The number of amides is 1. The van der Waals surface area contributed by atoms with E-state index in [0.717, 1.165) is 11.1 Å². The van der Waals surface area contributed by atoms with Crippen molar-refractivity contribution in [2.45, 2.75) is 6.92 Å². The fourth-order valence-corrected chi connectivity index (χ4v) is 2.84. The van der Waals surface area contributed by atoms with Gasteiger partial charge in [-0.1, -0.05) is 18.2 Å². The van der Waals surface area contributed by atoms with Crippen LogP contribution in [-0.4, -0.2) is 33.8 Å². The van der Waals surface area contributed by atoms with E-state index in [4.69, 9.17) is 16.3 Å². The number of halogens is 1. The molecule has 2 aromatic heterocycles. The molecule has 1 N–H and O–H groups in total. The monoisotopic (exact) mass is 407 g/mol. The number of benzene rings is 1. The number of aryl methyl sites for hydroxylation is 1. The van der Waals surface area contributed by atoms with Crippen LogP contribution in [0.2, 0.25) is 5.02 Å². The molecular formula is C21H18ClN5O2. The van der Waals surface area contributed by atoms with Gasteiger partial charge in [0.15, 0.2) is 5.82 Å². The summed E-state index contributed by atoms with van der Waals surface area (Å²) in [4.78, 5) is 29.1. The first-order valence-electron chi connectivity index (χ1n) is 8.62. The molecule has 0 saturated carbocycles. The summed E-state index contributed by atoms with van der Waals surface area (Å²) in [5.74, 6) is 0.452.